The van der Waals surface area contributed by atoms with Crippen molar-refractivity contribution in [1.29, 1.82) is 0 Å². The molecule has 0 aliphatic carbocycles. The summed E-state index contributed by atoms with van der Waals surface area (Å²) in [5.41, 5.74) is 3.88. The molecular formula is C21H28N2O. The van der Waals surface area contributed by atoms with Crippen molar-refractivity contribution in [2.45, 2.75) is 31.5 Å². The van der Waals surface area contributed by atoms with Crippen LogP contribution in [0.15, 0.2) is 66.8 Å². The molecule has 0 saturated carbocycles. The summed E-state index contributed by atoms with van der Waals surface area (Å²) in [6.45, 7) is 12.4. The zero-order valence-corrected chi connectivity index (χ0v) is 14.4. The molecule has 3 nitrogen and oxygen atoms in total. The molecule has 0 radical (unpaired) electrons. The van der Waals surface area contributed by atoms with Crippen molar-refractivity contribution in [3.05, 3.63) is 72.4 Å². The lowest BCUT2D eigenvalue weighted by atomic mass is 9.94. The molecule has 0 amide bonds. The second-order valence-corrected chi connectivity index (χ2v) is 6.82. The molecule has 1 N–H and O–H groups in total. The molecule has 1 aromatic carbocycles. The van der Waals surface area contributed by atoms with E-state index in [9.17, 15) is 5.11 Å². The lowest BCUT2D eigenvalue weighted by Crippen LogP contribution is -2.55. The van der Waals surface area contributed by atoms with Gasteiger partial charge >= 0.3 is 0 Å². The van der Waals surface area contributed by atoms with Gasteiger partial charge in [0.25, 0.3) is 0 Å². The summed E-state index contributed by atoms with van der Waals surface area (Å²) in [4.78, 5) is 4.79. The van der Waals surface area contributed by atoms with Gasteiger partial charge in [0, 0.05) is 38.8 Å². The van der Waals surface area contributed by atoms with Gasteiger partial charge in [-0.3, -0.25) is 9.80 Å². The third-order valence-corrected chi connectivity index (χ3v) is 5.30. The van der Waals surface area contributed by atoms with Crippen LogP contribution in [0, 0.1) is 0 Å². The van der Waals surface area contributed by atoms with Gasteiger partial charge in [-0.25, -0.2) is 0 Å². The Kier molecular flexibility index (Phi) is 5.67. The van der Waals surface area contributed by atoms with Gasteiger partial charge in [-0.15, -0.1) is 0 Å². The van der Waals surface area contributed by atoms with Crippen LogP contribution >= 0.6 is 0 Å². The number of allylic oxidation sites excluding steroid dienone is 1. The number of rotatable bonds is 5. The van der Waals surface area contributed by atoms with Crippen LogP contribution < -0.4 is 0 Å². The Morgan fingerprint density at radius 3 is 2.50 bits per heavy atom. The van der Waals surface area contributed by atoms with E-state index in [2.05, 4.69) is 47.2 Å². The molecule has 1 fully saturated rings. The molecule has 0 aromatic heterocycles. The fourth-order valence-corrected chi connectivity index (χ4v) is 3.93. The topological polar surface area (TPSA) is 26.7 Å². The summed E-state index contributed by atoms with van der Waals surface area (Å²) >= 11 is 0. The third-order valence-electron chi connectivity index (χ3n) is 5.30. The van der Waals surface area contributed by atoms with Crippen LogP contribution in [0.2, 0.25) is 0 Å². The summed E-state index contributed by atoms with van der Waals surface area (Å²) in [7, 11) is 0. The first-order valence-corrected chi connectivity index (χ1v) is 8.86. The Morgan fingerprint density at radius 2 is 1.83 bits per heavy atom. The Balaban J connectivity index is 1.59. The van der Waals surface area contributed by atoms with Gasteiger partial charge in [0.1, 0.15) is 0 Å². The van der Waals surface area contributed by atoms with E-state index in [1.165, 1.54) is 16.7 Å². The number of hydrogen-bond acceptors (Lipinski definition) is 3. The first-order valence-electron chi connectivity index (χ1n) is 8.86. The highest BCUT2D eigenvalue weighted by Crippen LogP contribution is 2.26. The molecular weight excluding hydrogens is 296 g/mol. The number of piperidine rings is 1. The molecule has 2 atom stereocenters. The summed E-state index contributed by atoms with van der Waals surface area (Å²) < 4.78 is 0. The minimum atomic E-state index is -0.293. The third kappa shape index (κ3) is 3.86. The highest BCUT2D eigenvalue weighted by atomic mass is 16.3. The van der Waals surface area contributed by atoms with E-state index in [0.717, 1.165) is 45.6 Å². The number of aliphatic hydroxyl groups is 1. The first-order chi connectivity index (χ1) is 11.7. The molecule has 128 valence electrons. The maximum atomic E-state index is 10.7. The quantitative estimate of drug-likeness (QED) is 0.902. The molecule has 2 unspecified atom stereocenters. The Bertz CT molecular complexity index is 608. The van der Waals surface area contributed by atoms with Crippen LogP contribution in [0.4, 0.5) is 0 Å². The van der Waals surface area contributed by atoms with Crippen LogP contribution in [0.5, 0.6) is 0 Å². The normalized spacial score (nSPS) is 26.4. The zero-order chi connectivity index (χ0) is 16.9. The van der Waals surface area contributed by atoms with Crippen LogP contribution in [0.1, 0.15) is 18.4 Å². The lowest BCUT2D eigenvalue weighted by Gasteiger charge is -2.43. The molecule has 2 aliphatic rings. The summed E-state index contributed by atoms with van der Waals surface area (Å²) in [6.07, 6.45) is 5.62. The van der Waals surface area contributed by atoms with E-state index in [-0.39, 0.29) is 12.1 Å². The number of β-amino-alcohol motifs (C(OH)–C–C–N with tert-alkyl or cyclic N) is 1. The molecule has 3 heteroatoms. The predicted octanol–water partition coefficient (Wildman–Crippen LogP) is 3.00. The Labute approximate surface area is 145 Å². The second kappa shape index (κ2) is 7.93. The van der Waals surface area contributed by atoms with Crippen molar-refractivity contribution in [2.24, 2.45) is 0 Å². The van der Waals surface area contributed by atoms with Crippen LogP contribution in [-0.4, -0.2) is 53.2 Å². The molecule has 0 bridgehead atoms. The second-order valence-electron chi connectivity index (χ2n) is 6.82. The summed E-state index contributed by atoms with van der Waals surface area (Å²) in [6, 6.07) is 10.8. The van der Waals surface area contributed by atoms with Gasteiger partial charge in [0.05, 0.1) is 6.10 Å². The van der Waals surface area contributed by atoms with Gasteiger partial charge in [-0.2, -0.15) is 0 Å². The summed E-state index contributed by atoms with van der Waals surface area (Å²) in [5.74, 6) is 0. The first kappa shape index (κ1) is 17.2. The molecule has 1 aromatic rings. The molecule has 2 heterocycles. The van der Waals surface area contributed by atoms with Crippen molar-refractivity contribution < 1.29 is 5.11 Å². The van der Waals surface area contributed by atoms with Crippen LogP contribution in [0.3, 0.4) is 0 Å². The van der Waals surface area contributed by atoms with E-state index < -0.39 is 0 Å². The molecule has 2 aliphatic heterocycles. The number of nitrogens with zero attached hydrogens (tertiary/aromatic N) is 2. The zero-order valence-electron chi connectivity index (χ0n) is 14.4. The van der Waals surface area contributed by atoms with E-state index >= 15 is 0 Å². The molecule has 24 heavy (non-hydrogen) atoms. The lowest BCUT2D eigenvalue weighted by molar-refractivity contribution is -0.0133. The highest BCUT2D eigenvalue weighted by Gasteiger charge is 2.33. The van der Waals surface area contributed by atoms with E-state index in [1.807, 2.05) is 18.2 Å². The van der Waals surface area contributed by atoms with Crippen LogP contribution in [0.25, 0.3) is 0 Å². The fraction of sp³-hybridized carbons (Fsp3) is 0.429. The minimum absolute atomic E-state index is 0.248. The maximum absolute atomic E-state index is 10.7. The van der Waals surface area contributed by atoms with Gasteiger partial charge in [0.2, 0.25) is 0 Å². The SMILES string of the molecule is C=CC1=C(C=C)CN(C2CCN(Cc3ccccc3)CC2O)CC1. The number of hydrogen-bond donors (Lipinski definition) is 1. The van der Waals surface area contributed by atoms with Crippen LogP contribution in [-0.2, 0) is 6.54 Å². The Morgan fingerprint density at radius 1 is 1.08 bits per heavy atom. The smallest absolute Gasteiger partial charge is 0.0822 e. The summed E-state index contributed by atoms with van der Waals surface area (Å²) in [5, 5.41) is 10.7. The maximum Gasteiger partial charge on any atom is 0.0822 e. The largest absolute Gasteiger partial charge is 0.390 e. The van der Waals surface area contributed by atoms with Crippen molar-refractivity contribution >= 4 is 0 Å². The van der Waals surface area contributed by atoms with E-state index in [1.54, 1.807) is 0 Å². The Hall–Kier alpha value is -1.68. The van der Waals surface area contributed by atoms with Crippen molar-refractivity contribution in [3.8, 4) is 0 Å². The van der Waals surface area contributed by atoms with E-state index in [4.69, 9.17) is 0 Å². The number of aliphatic hydroxyl groups excluding tert-OH is 1. The predicted molar refractivity (Wildman–Crippen MR) is 99.7 cm³/mol. The van der Waals surface area contributed by atoms with Crippen molar-refractivity contribution in [3.63, 3.8) is 0 Å². The standard InChI is InChI=1S/C21H28N2O/c1-3-18-10-13-23(15-19(18)4-2)20-11-12-22(16-21(20)24)14-17-8-6-5-7-9-17/h3-9,20-21,24H,1-2,10-16H2. The molecule has 0 spiro atoms. The van der Waals surface area contributed by atoms with E-state index in [0.29, 0.717) is 0 Å². The van der Waals surface area contributed by atoms with Gasteiger partial charge in [0.15, 0.2) is 0 Å². The average Bonchev–Trinajstić information content (AvgIpc) is 2.62. The molecule has 1 saturated heterocycles. The van der Waals surface area contributed by atoms with Gasteiger partial charge in [-0.05, 0) is 29.6 Å². The van der Waals surface area contributed by atoms with Gasteiger partial charge < -0.3 is 5.11 Å². The van der Waals surface area contributed by atoms with Gasteiger partial charge in [-0.1, -0.05) is 55.6 Å². The monoisotopic (exact) mass is 324 g/mol. The molecule has 3 rings (SSSR count). The van der Waals surface area contributed by atoms with Crippen molar-refractivity contribution in [1.82, 2.24) is 9.80 Å². The minimum Gasteiger partial charge on any atom is -0.390 e. The number of benzene rings is 1. The number of likely N-dealkylation sites (tertiary alicyclic amines) is 1. The highest BCUT2D eigenvalue weighted by molar-refractivity contribution is 5.34. The fourth-order valence-electron chi connectivity index (χ4n) is 3.93. The van der Waals surface area contributed by atoms with Crippen molar-refractivity contribution in [2.75, 3.05) is 26.2 Å². The average molecular weight is 324 g/mol.